The molecule has 2 N–H and O–H groups in total. The second-order valence-corrected chi connectivity index (χ2v) is 6.64. The van der Waals surface area contributed by atoms with Crippen LogP contribution in [-0.4, -0.2) is 43.6 Å². The summed E-state index contributed by atoms with van der Waals surface area (Å²) in [5.74, 6) is 0.903. The van der Waals surface area contributed by atoms with E-state index in [4.69, 9.17) is 0 Å². The third-order valence-electron chi connectivity index (χ3n) is 4.24. The van der Waals surface area contributed by atoms with E-state index in [-0.39, 0.29) is 0 Å². The molecule has 0 aromatic carbocycles. The highest BCUT2D eigenvalue weighted by Crippen LogP contribution is 2.15. The zero-order valence-electron chi connectivity index (χ0n) is 13.5. The zero-order valence-corrected chi connectivity index (χ0v) is 14.3. The number of guanidine groups is 1. The normalized spacial score (nSPS) is 18.0. The van der Waals surface area contributed by atoms with E-state index >= 15 is 0 Å². The van der Waals surface area contributed by atoms with E-state index in [1.165, 1.54) is 42.8 Å². The number of thiophene rings is 1. The summed E-state index contributed by atoms with van der Waals surface area (Å²) in [7, 11) is 1.84. The van der Waals surface area contributed by atoms with Crippen LogP contribution < -0.4 is 10.6 Å². The molecule has 1 aromatic heterocycles. The quantitative estimate of drug-likeness (QED) is 0.627. The lowest BCUT2D eigenvalue weighted by Gasteiger charge is -2.27. The van der Waals surface area contributed by atoms with Crippen LogP contribution in [0.5, 0.6) is 0 Å². The van der Waals surface area contributed by atoms with Gasteiger partial charge in [0.1, 0.15) is 0 Å². The summed E-state index contributed by atoms with van der Waals surface area (Å²) in [6, 6.07) is 2.78. The Morgan fingerprint density at radius 3 is 2.71 bits per heavy atom. The molecule has 1 atom stereocenters. The molecule has 2 heterocycles. The SMILES string of the molecule is CCC(CNC(=NC)NCc1sccc1C)N1CCCC1. The van der Waals surface area contributed by atoms with Gasteiger partial charge < -0.3 is 10.6 Å². The Bertz CT molecular complexity index is 449. The average Bonchev–Trinajstić information content (AvgIpc) is 3.15. The van der Waals surface area contributed by atoms with Crippen molar-refractivity contribution < 1.29 is 0 Å². The van der Waals surface area contributed by atoms with Crippen molar-refractivity contribution in [3.05, 3.63) is 21.9 Å². The molecule has 1 aliphatic rings. The number of hydrogen-bond donors (Lipinski definition) is 2. The van der Waals surface area contributed by atoms with Crippen molar-refractivity contribution in [3.8, 4) is 0 Å². The number of hydrogen-bond acceptors (Lipinski definition) is 3. The van der Waals surface area contributed by atoms with Gasteiger partial charge in [-0.3, -0.25) is 9.89 Å². The molecule has 0 amide bonds. The lowest BCUT2D eigenvalue weighted by Crippen LogP contribution is -2.46. The Hall–Kier alpha value is -1.07. The fraction of sp³-hybridized carbons (Fsp3) is 0.688. The van der Waals surface area contributed by atoms with Crippen molar-refractivity contribution in [2.75, 3.05) is 26.7 Å². The lowest BCUT2D eigenvalue weighted by molar-refractivity contribution is 0.236. The van der Waals surface area contributed by atoms with Crippen LogP contribution in [0, 0.1) is 6.92 Å². The molecule has 0 saturated carbocycles. The molecule has 1 aromatic rings. The second kappa shape index (κ2) is 8.39. The summed E-state index contributed by atoms with van der Waals surface area (Å²) in [6.07, 6.45) is 3.89. The van der Waals surface area contributed by atoms with Crippen molar-refractivity contribution in [1.29, 1.82) is 0 Å². The Morgan fingerprint density at radius 1 is 1.38 bits per heavy atom. The predicted molar refractivity (Wildman–Crippen MR) is 92.1 cm³/mol. The maximum atomic E-state index is 4.33. The predicted octanol–water partition coefficient (Wildman–Crippen LogP) is 2.60. The standard InChI is InChI=1S/C16H28N4S/c1-4-14(20-8-5-6-9-20)11-18-16(17-3)19-12-15-13(2)7-10-21-15/h7,10,14H,4-6,8-9,11-12H2,1-3H3,(H2,17,18,19). The minimum absolute atomic E-state index is 0.620. The number of nitrogens with one attached hydrogen (secondary N) is 2. The van der Waals surface area contributed by atoms with Crippen LogP contribution in [0.2, 0.25) is 0 Å². The van der Waals surface area contributed by atoms with Gasteiger partial charge in [0.05, 0.1) is 6.54 Å². The van der Waals surface area contributed by atoms with E-state index in [0.717, 1.165) is 19.0 Å². The van der Waals surface area contributed by atoms with Gasteiger partial charge in [0.15, 0.2) is 5.96 Å². The van der Waals surface area contributed by atoms with Crippen molar-refractivity contribution in [1.82, 2.24) is 15.5 Å². The molecule has 4 nitrogen and oxygen atoms in total. The van der Waals surface area contributed by atoms with Gasteiger partial charge in [-0.25, -0.2) is 0 Å². The van der Waals surface area contributed by atoms with E-state index < -0.39 is 0 Å². The topological polar surface area (TPSA) is 39.7 Å². The van der Waals surface area contributed by atoms with Gasteiger partial charge in [-0.05, 0) is 56.3 Å². The molecule has 21 heavy (non-hydrogen) atoms. The van der Waals surface area contributed by atoms with Crippen LogP contribution in [0.3, 0.4) is 0 Å². The van der Waals surface area contributed by atoms with Gasteiger partial charge >= 0.3 is 0 Å². The highest BCUT2D eigenvalue weighted by atomic mass is 32.1. The average molecular weight is 308 g/mol. The summed E-state index contributed by atoms with van der Waals surface area (Å²) in [4.78, 5) is 8.31. The van der Waals surface area contributed by atoms with Gasteiger partial charge in [-0.2, -0.15) is 0 Å². The molecule has 0 aliphatic carbocycles. The van der Waals surface area contributed by atoms with Gasteiger partial charge in [0.2, 0.25) is 0 Å². The minimum Gasteiger partial charge on any atom is -0.355 e. The first kappa shape index (κ1) is 16.3. The summed E-state index contributed by atoms with van der Waals surface area (Å²) < 4.78 is 0. The molecule has 0 radical (unpaired) electrons. The van der Waals surface area contributed by atoms with Crippen LogP contribution in [-0.2, 0) is 6.54 Å². The van der Waals surface area contributed by atoms with Gasteiger partial charge in [-0.15, -0.1) is 11.3 Å². The molecule has 0 bridgehead atoms. The lowest BCUT2D eigenvalue weighted by atomic mass is 10.2. The largest absolute Gasteiger partial charge is 0.355 e. The van der Waals surface area contributed by atoms with Crippen LogP contribution in [0.25, 0.3) is 0 Å². The highest BCUT2D eigenvalue weighted by Gasteiger charge is 2.20. The van der Waals surface area contributed by atoms with Gasteiger partial charge in [0, 0.05) is 24.5 Å². The summed E-state index contributed by atoms with van der Waals surface area (Å²) in [6.45, 7) is 8.75. The van der Waals surface area contributed by atoms with Gasteiger partial charge in [-0.1, -0.05) is 6.92 Å². The van der Waals surface area contributed by atoms with Crippen LogP contribution >= 0.6 is 11.3 Å². The summed E-state index contributed by atoms with van der Waals surface area (Å²) in [5, 5.41) is 9.04. The highest BCUT2D eigenvalue weighted by molar-refractivity contribution is 7.10. The molecule has 1 unspecified atom stereocenters. The molecular weight excluding hydrogens is 280 g/mol. The Morgan fingerprint density at radius 2 is 2.14 bits per heavy atom. The van der Waals surface area contributed by atoms with Crippen molar-refractivity contribution >= 4 is 17.3 Å². The van der Waals surface area contributed by atoms with E-state index in [9.17, 15) is 0 Å². The fourth-order valence-electron chi connectivity index (χ4n) is 2.82. The Balaban J connectivity index is 1.77. The Kier molecular flexibility index (Phi) is 6.51. The van der Waals surface area contributed by atoms with Crippen molar-refractivity contribution in [2.24, 2.45) is 4.99 Å². The summed E-state index contributed by atoms with van der Waals surface area (Å²) >= 11 is 1.80. The van der Waals surface area contributed by atoms with E-state index in [1.807, 2.05) is 7.05 Å². The zero-order chi connectivity index (χ0) is 15.1. The molecule has 1 saturated heterocycles. The van der Waals surface area contributed by atoms with Crippen molar-refractivity contribution in [2.45, 2.75) is 45.7 Å². The minimum atomic E-state index is 0.620. The van der Waals surface area contributed by atoms with Crippen LogP contribution in [0.4, 0.5) is 0 Å². The molecule has 118 valence electrons. The van der Waals surface area contributed by atoms with E-state index in [0.29, 0.717) is 6.04 Å². The maximum absolute atomic E-state index is 4.33. The number of nitrogens with zero attached hydrogens (tertiary/aromatic N) is 2. The smallest absolute Gasteiger partial charge is 0.191 e. The fourth-order valence-corrected chi connectivity index (χ4v) is 3.67. The number of likely N-dealkylation sites (tertiary alicyclic amines) is 1. The molecule has 0 spiro atoms. The molecule has 1 fully saturated rings. The third kappa shape index (κ3) is 4.71. The van der Waals surface area contributed by atoms with Crippen LogP contribution in [0.1, 0.15) is 36.6 Å². The Labute approximate surface area is 132 Å². The molecular formula is C16H28N4S. The van der Waals surface area contributed by atoms with E-state index in [1.54, 1.807) is 11.3 Å². The maximum Gasteiger partial charge on any atom is 0.191 e. The van der Waals surface area contributed by atoms with Gasteiger partial charge in [0.25, 0.3) is 0 Å². The first-order valence-electron chi connectivity index (χ1n) is 7.96. The molecule has 5 heteroatoms. The summed E-state index contributed by atoms with van der Waals surface area (Å²) in [5.41, 5.74) is 1.35. The monoisotopic (exact) mass is 308 g/mol. The van der Waals surface area contributed by atoms with Crippen molar-refractivity contribution in [3.63, 3.8) is 0 Å². The third-order valence-corrected chi connectivity index (χ3v) is 5.26. The number of aryl methyl sites for hydroxylation is 1. The number of aliphatic imine (C=N–C) groups is 1. The first-order valence-corrected chi connectivity index (χ1v) is 8.84. The molecule has 1 aliphatic heterocycles. The van der Waals surface area contributed by atoms with Crippen LogP contribution in [0.15, 0.2) is 16.4 Å². The van der Waals surface area contributed by atoms with E-state index in [2.05, 4.69) is 45.8 Å². The second-order valence-electron chi connectivity index (χ2n) is 5.64. The number of rotatable bonds is 6. The molecule has 2 rings (SSSR count). The first-order chi connectivity index (χ1) is 10.2.